The van der Waals surface area contributed by atoms with E-state index in [1.807, 2.05) is 0 Å². The third kappa shape index (κ3) is 2.82. The minimum absolute atomic E-state index is 0.0200. The van der Waals surface area contributed by atoms with E-state index in [0.29, 0.717) is 11.3 Å². The van der Waals surface area contributed by atoms with Crippen LogP contribution in [-0.4, -0.2) is 11.2 Å². The molecule has 1 nitrogen and oxygen atoms in total. The van der Waals surface area contributed by atoms with E-state index in [-0.39, 0.29) is 6.10 Å². The molecule has 2 saturated carbocycles. The second kappa shape index (κ2) is 5.77. The average Bonchev–Trinajstić information content (AvgIpc) is 2.63. The lowest BCUT2D eigenvalue weighted by molar-refractivity contribution is -0.0163. The first kappa shape index (κ1) is 14.1. The number of aliphatic hydroxyl groups excluding tert-OH is 1. The summed E-state index contributed by atoms with van der Waals surface area (Å²) < 4.78 is 0. The van der Waals surface area contributed by atoms with E-state index in [4.69, 9.17) is 0 Å². The smallest absolute Gasteiger partial charge is 0.0573 e. The van der Waals surface area contributed by atoms with Crippen molar-refractivity contribution < 1.29 is 5.11 Å². The van der Waals surface area contributed by atoms with Crippen LogP contribution in [0.4, 0.5) is 0 Å². The van der Waals surface area contributed by atoms with E-state index in [0.717, 1.165) is 18.3 Å². The van der Waals surface area contributed by atoms with Crippen LogP contribution in [-0.2, 0) is 0 Å². The largest absolute Gasteiger partial charge is 0.393 e. The Balaban J connectivity index is 1.92. The van der Waals surface area contributed by atoms with Gasteiger partial charge in [-0.05, 0) is 61.7 Å². The van der Waals surface area contributed by atoms with Gasteiger partial charge in [-0.15, -0.1) is 0 Å². The molecule has 1 N–H and O–H groups in total. The fourth-order valence-electron chi connectivity index (χ4n) is 4.27. The second-order valence-electron chi connectivity index (χ2n) is 7.18. The third-order valence-corrected chi connectivity index (χ3v) is 5.48. The molecule has 2 rings (SSSR count). The molecule has 2 aliphatic carbocycles. The first-order valence-electron chi connectivity index (χ1n) is 7.87. The Labute approximate surface area is 113 Å². The molecule has 0 bridgehead atoms. The first-order valence-corrected chi connectivity index (χ1v) is 7.87. The molecule has 0 aliphatic heterocycles. The predicted octanol–water partition coefficient (Wildman–Crippen LogP) is 4.56. The molecule has 0 spiro atoms. The molecule has 0 radical (unpaired) electrons. The van der Waals surface area contributed by atoms with Crippen LogP contribution in [0.5, 0.6) is 0 Å². The molecule has 18 heavy (non-hydrogen) atoms. The SMILES string of the molecule is CC(C)C/C=C/CC1CC[C@H]2C(O)CCCC12C. The highest BCUT2D eigenvalue weighted by molar-refractivity contribution is 5.02. The molecular weight excluding hydrogens is 220 g/mol. The molecule has 0 aromatic rings. The molecule has 104 valence electrons. The average molecular weight is 250 g/mol. The zero-order chi connectivity index (χ0) is 13.2. The van der Waals surface area contributed by atoms with Crippen molar-refractivity contribution in [2.75, 3.05) is 0 Å². The summed E-state index contributed by atoms with van der Waals surface area (Å²) >= 11 is 0. The highest BCUT2D eigenvalue weighted by Gasteiger charge is 2.50. The van der Waals surface area contributed by atoms with Gasteiger partial charge in [-0.3, -0.25) is 0 Å². The van der Waals surface area contributed by atoms with Crippen molar-refractivity contribution in [3.8, 4) is 0 Å². The van der Waals surface area contributed by atoms with Gasteiger partial charge < -0.3 is 5.11 Å². The zero-order valence-electron chi connectivity index (χ0n) is 12.4. The normalized spacial score (nSPS) is 40.6. The van der Waals surface area contributed by atoms with Crippen molar-refractivity contribution in [3.05, 3.63) is 12.2 Å². The van der Waals surface area contributed by atoms with Crippen molar-refractivity contribution >= 4 is 0 Å². The fourth-order valence-corrected chi connectivity index (χ4v) is 4.27. The molecule has 0 aromatic heterocycles. The van der Waals surface area contributed by atoms with Crippen LogP contribution in [0.25, 0.3) is 0 Å². The van der Waals surface area contributed by atoms with Gasteiger partial charge in [0.1, 0.15) is 0 Å². The van der Waals surface area contributed by atoms with Crippen LogP contribution in [0.3, 0.4) is 0 Å². The van der Waals surface area contributed by atoms with Gasteiger partial charge in [0.15, 0.2) is 0 Å². The molecule has 2 fully saturated rings. The topological polar surface area (TPSA) is 20.2 Å². The summed E-state index contributed by atoms with van der Waals surface area (Å²) in [6, 6.07) is 0. The van der Waals surface area contributed by atoms with Gasteiger partial charge in [0, 0.05) is 0 Å². The number of hydrogen-bond donors (Lipinski definition) is 1. The lowest BCUT2D eigenvalue weighted by Gasteiger charge is -2.43. The molecule has 1 heteroatoms. The Morgan fingerprint density at radius 2 is 2.00 bits per heavy atom. The van der Waals surface area contributed by atoms with Gasteiger partial charge in [0.25, 0.3) is 0 Å². The maximum atomic E-state index is 10.2. The molecule has 0 aromatic carbocycles. The van der Waals surface area contributed by atoms with Crippen molar-refractivity contribution in [2.45, 2.75) is 71.8 Å². The van der Waals surface area contributed by atoms with Crippen LogP contribution >= 0.6 is 0 Å². The van der Waals surface area contributed by atoms with Crippen LogP contribution in [0.2, 0.25) is 0 Å². The molecule has 0 amide bonds. The summed E-state index contributed by atoms with van der Waals surface area (Å²) in [5.74, 6) is 2.15. The Hall–Kier alpha value is -0.300. The van der Waals surface area contributed by atoms with Crippen LogP contribution in [0.15, 0.2) is 12.2 Å². The fraction of sp³-hybridized carbons (Fsp3) is 0.882. The third-order valence-electron chi connectivity index (χ3n) is 5.48. The van der Waals surface area contributed by atoms with Crippen LogP contribution < -0.4 is 0 Å². The first-order chi connectivity index (χ1) is 8.54. The lowest BCUT2D eigenvalue weighted by atomic mass is 9.64. The number of rotatable bonds is 4. The highest BCUT2D eigenvalue weighted by Crippen LogP contribution is 2.56. The Morgan fingerprint density at radius 3 is 2.72 bits per heavy atom. The van der Waals surface area contributed by atoms with E-state index >= 15 is 0 Å². The predicted molar refractivity (Wildman–Crippen MR) is 77.4 cm³/mol. The molecule has 0 heterocycles. The van der Waals surface area contributed by atoms with Gasteiger partial charge in [0.2, 0.25) is 0 Å². The number of allylic oxidation sites excluding steroid dienone is 2. The van der Waals surface area contributed by atoms with Gasteiger partial charge in [0.05, 0.1) is 6.10 Å². The van der Waals surface area contributed by atoms with Gasteiger partial charge in [-0.2, -0.15) is 0 Å². The molecule has 0 saturated heterocycles. The monoisotopic (exact) mass is 250 g/mol. The Bertz CT molecular complexity index is 294. The maximum absolute atomic E-state index is 10.2. The summed E-state index contributed by atoms with van der Waals surface area (Å²) in [5.41, 5.74) is 0.417. The van der Waals surface area contributed by atoms with E-state index < -0.39 is 0 Å². The summed E-state index contributed by atoms with van der Waals surface area (Å²) in [7, 11) is 0. The van der Waals surface area contributed by atoms with Crippen LogP contribution in [0.1, 0.15) is 65.7 Å². The van der Waals surface area contributed by atoms with Crippen molar-refractivity contribution in [1.29, 1.82) is 0 Å². The number of hydrogen-bond acceptors (Lipinski definition) is 1. The van der Waals surface area contributed by atoms with E-state index in [1.54, 1.807) is 0 Å². The number of fused-ring (bicyclic) bond motifs is 1. The zero-order valence-corrected chi connectivity index (χ0v) is 12.4. The van der Waals surface area contributed by atoms with Crippen molar-refractivity contribution in [1.82, 2.24) is 0 Å². The molecular formula is C17H30O. The van der Waals surface area contributed by atoms with Crippen LogP contribution in [0, 0.1) is 23.2 Å². The summed E-state index contributed by atoms with van der Waals surface area (Å²) in [6.07, 6.45) is 13.3. The minimum Gasteiger partial charge on any atom is -0.393 e. The van der Waals surface area contributed by atoms with E-state index in [9.17, 15) is 5.11 Å². The van der Waals surface area contributed by atoms with Gasteiger partial charge in [-0.1, -0.05) is 39.3 Å². The Morgan fingerprint density at radius 1 is 1.22 bits per heavy atom. The lowest BCUT2D eigenvalue weighted by Crippen LogP contribution is -2.39. The van der Waals surface area contributed by atoms with E-state index in [2.05, 4.69) is 32.9 Å². The minimum atomic E-state index is -0.0200. The van der Waals surface area contributed by atoms with Gasteiger partial charge >= 0.3 is 0 Å². The highest BCUT2D eigenvalue weighted by atomic mass is 16.3. The Kier molecular flexibility index (Phi) is 4.53. The van der Waals surface area contributed by atoms with Crippen molar-refractivity contribution in [2.24, 2.45) is 23.2 Å². The van der Waals surface area contributed by atoms with E-state index in [1.165, 1.54) is 38.5 Å². The maximum Gasteiger partial charge on any atom is 0.0573 e. The summed E-state index contributed by atoms with van der Waals surface area (Å²) in [6.45, 7) is 6.98. The standard InChI is InChI=1S/C17H30O/c1-13(2)7-4-5-8-14-10-11-15-16(18)9-6-12-17(14,15)3/h4-5,13-16,18H,6-12H2,1-3H3/b5-4+/t14?,15-,16?,17?/m0/s1. The molecule has 4 atom stereocenters. The molecule has 3 unspecified atom stereocenters. The summed E-state index contributed by atoms with van der Waals surface area (Å²) in [5, 5.41) is 10.2. The quantitative estimate of drug-likeness (QED) is 0.725. The van der Waals surface area contributed by atoms with Crippen molar-refractivity contribution in [3.63, 3.8) is 0 Å². The molecule has 2 aliphatic rings. The number of aliphatic hydroxyl groups is 1. The van der Waals surface area contributed by atoms with Gasteiger partial charge in [-0.25, -0.2) is 0 Å². The second-order valence-corrected chi connectivity index (χ2v) is 7.18. The summed E-state index contributed by atoms with van der Waals surface area (Å²) in [4.78, 5) is 0.